The second kappa shape index (κ2) is 8.41. The highest BCUT2D eigenvalue weighted by molar-refractivity contribution is 7.88. The van der Waals surface area contributed by atoms with E-state index in [0.29, 0.717) is 19.3 Å². The van der Waals surface area contributed by atoms with Gasteiger partial charge in [0.15, 0.2) is 11.6 Å². The van der Waals surface area contributed by atoms with Crippen LogP contribution < -0.4 is 9.44 Å². The average Bonchev–Trinajstić information content (AvgIpc) is 3.62. The highest BCUT2D eigenvalue weighted by Gasteiger charge is 2.71. The first-order valence-electron chi connectivity index (χ1n) is 15.1. The summed E-state index contributed by atoms with van der Waals surface area (Å²) in [4.78, 5) is 43.1. The zero-order valence-electron chi connectivity index (χ0n) is 25.1. The van der Waals surface area contributed by atoms with Crippen LogP contribution in [-0.2, 0) is 24.6 Å². The van der Waals surface area contributed by atoms with Crippen molar-refractivity contribution in [1.82, 2.24) is 9.44 Å². The number of amides is 1. The summed E-state index contributed by atoms with van der Waals surface area (Å²) in [7, 11) is -4.09. The molecule has 6 rings (SSSR count). The van der Waals surface area contributed by atoms with E-state index in [2.05, 4.69) is 35.1 Å². The van der Waals surface area contributed by atoms with Crippen LogP contribution >= 0.6 is 0 Å². The summed E-state index contributed by atoms with van der Waals surface area (Å²) in [6.07, 6.45) is 11.2. The van der Waals surface area contributed by atoms with Crippen LogP contribution in [0, 0.1) is 51.4 Å². The summed E-state index contributed by atoms with van der Waals surface area (Å²) in [6, 6.07) is 0. The molecule has 1 spiro atoms. The molecule has 4 saturated carbocycles. The lowest BCUT2D eigenvalue weighted by Crippen LogP contribution is -2.70. The van der Waals surface area contributed by atoms with Crippen LogP contribution in [0.5, 0.6) is 0 Å². The second-order valence-corrected chi connectivity index (χ2v) is 16.9. The maximum atomic E-state index is 14.5. The lowest BCUT2D eigenvalue weighted by Gasteiger charge is -2.69. The van der Waals surface area contributed by atoms with Gasteiger partial charge in [0.2, 0.25) is 11.6 Å². The van der Waals surface area contributed by atoms with Gasteiger partial charge in [0.05, 0.1) is 6.57 Å². The minimum atomic E-state index is -4.09. The van der Waals surface area contributed by atoms with Gasteiger partial charge in [0.1, 0.15) is 0 Å². The first-order chi connectivity index (χ1) is 18.9. The quantitative estimate of drug-likeness (QED) is 0.454. The van der Waals surface area contributed by atoms with Gasteiger partial charge in [0, 0.05) is 29.2 Å². The summed E-state index contributed by atoms with van der Waals surface area (Å²) >= 11 is 0. The highest BCUT2D eigenvalue weighted by Crippen LogP contribution is 2.74. The van der Waals surface area contributed by atoms with Crippen molar-refractivity contribution in [2.75, 3.05) is 0 Å². The van der Waals surface area contributed by atoms with Gasteiger partial charge in [-0.25, -0.2) is 9.57 Å². The lowest BCUT2D eigenvalue weighted by molar-refractivity contribution is -0.158. The number of Topliss-reactive ketones (excluding diaryl/α,β-unsaturated/α-hetero) is 1. The Morgan fingerprint density at radius 2 is 1.63 bits per heavy atom. The Labute approximate surface area is 244 Å². The number of fused-ring (bicyclic) bond motifs is 7. The van der Waals surface area contributed by atoms with Crippen molar-refractivity contribution in [3.8, 4) is 0 Å². The van der Waals surface area contributed by atoms with E-state index >= 15 is 0 Å². The molecular weight excluding hydrogens is 538 g/mol. The molecule has 6 aliphatic carbocycles. The van der Waals surface area contributed by atoms with Gasteiger partial charge in [-0.1, -0.05) is 46.3 Å². The Kier molecular flexibility index (Phi) is 5.90. The van der Waals surface area contributed by atoms with E-state index < -0.39 is 37.9 Å². The molecule has 0 bridgehead atoms. The fourth-order valence-electron chi connectivity index (χ4n) is 10.7. The van der Waals surface area contributed by atoms with Crippen LogP contribution in [0.3, 0.4) is 0 Å². The molecule has 0 aromatic carbocycles. The van der Waals surface area contributed by atoms with Crippen molar-refractivity contribution >= 4 is 27.7 Å². The third-order valence-corrected chi connectivity index (χ3v) is 14.4. The molecule has 41 heavy (non-hydrogen) atoms. The number of hydrogen-bond acceptors (Lipinski definition) is 5. The third-order valence-electron chi connectivity index (χ3n) is 13.1. The van der Waals surface area contributed by atoms with Crippen LogP contribution in [-0.4, -0.2) is 31.4 Å². The van der Waals surface area contributed by atoms with Gasteiger partial charge in [0.25, 0.3) is 0 Å². The monoisotopic (exact) mass is 581 g/mol. The minimum absolute atomic E-state index is 0.0168. The molecule has 0 aromatic heterocycles. The van der Waals surface area contributed by atoms with E-state index in [0.717, 1.165) is 44.1 Å². The Morgan fingerprint density at radius 1 is 1.00 bits per heavy atom. The van der Waals surface area contributed by atoms with E-state index in [1.807, 2.05) is 26.0 Å². The SMILES string of the molecule is [C-]#[N+]C1=C[C@]2(C)C3=CC(=O)[C@@H]4[C@@H]5CC6(CC6)CC[C@]5(NS(=O)(=O)NC(C)=O)CC[C@@]4(C)[C@]3(C)CC[C@H]2C(C)(C)C1=O. The number of hydrogen-bond donors (Lipinski definition) is 2. The van der Waals surface area contributed by atoms with Crippen molar-refractivity contribution in [1.29, 1.82) is 0 Å². The number of allylic oxidation sites excluding steroid dienone is 4. The number of ketones is 2. The van der Waals surface area contributed by atoms with Crippen LogP contribution in [0.4, 0.5) is 0 Å². The van der Waals surface area contributed by atoms with E-state index in [4.69, 9.17) is 6.57 Å². The van der Waals surface area contributed by atoms with Gasteiger partial charge < -0.3 is 4.79 Å². The third kappa shape index (κ3) is 3.78. The Hall–Kier alpha value is -2.31. The molecule has 0 saturated heterocycles. The van der Waals surface area contributed by atoms with Gasteiger partial charge in [-0.3, -0.25) is 9.59 Å². The first-order valence-corrected chi connectivity index (χ1v) is 16.6. The van der Waals surface area contributed by atoms with E-state index in [1.54, 1.807) is 0 Å². The number of carbonyl (C=O) groups excluding carboxylic acids is 3. The molecule has 0 radical (unpaired) electrons. The second-order valence-electron chi connectivity index (χ2n) is 15.5. The van der Waals surface area contributed by atoms with E-state index in [1.165, 1.54) is 6.92 Å². The minimum Gasteiger partial charge on any atom is -0.307 e. The van der Waals surface area contributed by atoms with Crippen LogP contribution in [0.1, 0.15) is 99.3 Å². The Balaban J connectivity index is 1.48. The number of nitrogens with zero attached hydrogens (tertiary/aromatic N) is 1. The van der Waals surface area contributed by atoms with Crippen LogP contribution in [0.2, 0.25) is 0 Å². The normalized spacial score (nSPS) is 43.8. The van der Waals surface area contributed by atoms with E-state index in [9.17, 15) is 22.8 Å². The van der Waals surface area contributed by atoms with Crippen LogP contribution in [0.15, 0.2) is 23.4 Å². The molecule has 6 aliphatic rings. The molecule has 8 nitrogen and oxygen atoms in total. The van der Waals surface area contributed by atoms with Crippen molar-refractivity contribution in [2.45, 2.75) is 105 Å². The predicted molar refractivity (Wildman–Crippen MR) is 154 cm³/mol. The predicted octanol–water partition coefficient (Wildman–Crippen LogP) is 5.04. The van der Waals surface area contributed by atoms with Crippen LogP contribution in [0.25, 0.3) is 4.85 Å². The fourth-order valence-corrected chi connectivity index (χ4v) is 12.0. The fraction of sp³-hybridized carbons (Fsp3) is 0.750. The maximum absolute atomic E-state index is 14.5. The molecule has 1 amide bonds. The highest BCUT2D eigenvalue weighted by atomic mass is 32.2. The molecule has 0 heterocycles. The van der Waals surface area contributed by atoms with E-state index in [-0.39, 0.29) is 45.8 Å². The molecular formula is C32H43N3O5S. The molecule has 0 unspecified atom stereocenters. The summed E-state index contributed by atoms with van der Waals surface area (Å²) in [5.74, 6) is -1.26. The Morgan fingerprint density at radius 3 is 2.24 bits per heavy atom. The summed E-state index contributed by atoms with van der Waals surface area (Å²) in [5.41, 5.74) is -1.48. The smallest absolute Gasteiger partial charge is 0.301 e. The number of rotatable bonds is 3. The Bertz CT molecular complexity index is 1480. The maximum Gasteiger partial charge on any atom is 0.301 e. The first kappa shape index (κ1) is 28.8. The van der Waals surface area contributed by atoms with Gasteiger partial charge in [-0.15, -0.1) is 0 Å². The zero-order chi connectivity index (χ0) is 30.0. The van der Waals surface area contributed by atoms with Crippen molar-refractivity contribution < 1.29 is 22.8 Å². The zero-order valence-corrected chi connectivity index (χ0v) is 26.0. The standard InChI is InChI=1S/C32H43N3O5S/c1-19(36)34-41(39,40)35-32-14-10-30(6)25(20(32)17-31(11-12-31)13-15-32)22(37)16-24-28(4)18-21(33-7)26(38)27(2,3)23(28)8-9-29(24,30)5/h16,18,20,23,25,35H,8-15,17H2,1-6H3,(H,34,36)/t20-,23-,25-,28-,29+,30+,32+/m0/s1. The van der Waals surface area contributed by atoms with Gasteiger partial charge >= 0.3 is 10.2 Å². The molecule has 0 aliphatic heterocycles. The number of nitrogens with one attached hydrogen (secondary N) is 2. The van der Waals surface area contributed by atoms with Crippen molar-refractivity contribution in [3.63, 3.8) is 0 Å². The molecule has 9 heteroatoms. The van der Waals surface area contributed by atoms with Gasteiger partial charge in [-0.05, 0) is 91.9 Å². The molecule has 2 N–H and O–H groups in total. The van der Waals surface area contributed by atoms with Crippen molar-refractivity contribution in [3.05, 3.63) is 34.8 Å². The largest absolute Gasteiger partial charge is 0.307 e. The average molecular weight is 582 g/mol. The topological polar surface area (TPSA) is 114 Å². The summed E-state index contributed by atoms with van der Waals surface area (Å²) < 4.78 is 31.2. The molecule has 7 atom stereocenters. The lowest BCUT2D eigenvalue weighted by atomic mass is 9.35. The molecule has 0 aromatic rings. The summed E-state index contributed by atoms with van der Waals surface area (Å²) in [6.45, 7) is 19.5. The molecule has 222 valence electrons. The van der Waals surface area contributed by atoms with Crippen molar-refractivity contribution in [2.24, 2.45) is 44.8 Å². The molecule has 4 fully saturated rings. The number of carbonyl (C=O) groups is 3. The summed E-state index contributed by atoms with van der Waals surface area (Å²) in [5, 5.41) is 0. The van der Waals surface area contributed by atoms with Gasteiger partial charge in [-0.2, -0.15) is 13.1 Å².